The zero-order valence-corrected chi connectivity index (χ0v) is 30.1. The molecule has 1 aromatic carbocycles. The number of carbonyl (C=O) groups is 5. The van der Waals surface area contributed by atoms with Crippen molar-refractivity contribution in [2.75, 3.05) is 45.1 Å². The van der Waals surface area contributed by atoms with Gasteiger partial charge in [0, 0.05) is 44.8 Å². The molecule has 0 aliphatic heterocycles. The van der Waals surface area contributed by atoms with Gasteiger partial charge >= 0.3 is 5.97 Å². The maximum atomic E-state index is 13.3. The molecular weight excluding hydrogens is 654 g/mol. The Bertz CT molecular complexity index is 1190. The molecule has 0 aliphatic carbocycles. The fourth-order valence-corrected chi connectivity index (χ4v) is 4.72. The van der Waals surface area contributed by atoms with E-state index in [2.05, 4.69) is 33.9 Å². The number of aliphatic carboxylic acids is 1. The van der Waals surface area contributed by atoms with E-state index in [1.807, 2.05) is 58.0 Å². The van der Waals surface area contributed by atoms with Crippen LogP contribution in [0.5, 0.6) is 0 Å². The van der Waals surface area contributed by atoms with E-state index < -0.39 is 65.4 Å². The average molecular weight is 712 g/mol. The van der Waals surface area contributed by atoms with Gasteiger partial charge in [0.2, 0.25) is 17.7 Å². The predicted octanol–water partition coefficient (Wildman–Crippen LogP) is -0.748. The van der Waals surface area contributed by atoms with Crippen molar-refractivity contribution < 1.29 is 38.6 Å². The molecule has 0 saturated carbocycles. The minimum Gasteiger partial charge on any atom is -0.481 e. The van der Waals surface area contributed by atoms with Crippen molar-refractivity contribution in [3.63, 3.8) is 0 Å². The highest BCUT2D eigenvalue weighted by molar-refractivity contribution is 7.80. The molecule has 0 aromatic heterocycles. The number of hydrogen-bond donors (Lipinski definition) is 9. The van der Waals surface area contributed by atoms with Crippen molar-refractivity contribution in [3.8, 4) is 0 Å². The van der Waals surface area contributed by atoms with Gasteiger partial charge in [0.05, 0.1) is 49.0 Å². The Kier molecular flexibility index (Phi) is 20.2. The molecule has 0 aliphatic rings. The lowest BCUT2D eigenvalue weighted by Gasteiger charge is -2.30. The molecule has 0 radical (unpaired) electrons. The van der Waals surface area contributed by atoms with Crippen LogP contribution in [-0.4, -0.2) is 115 Å². The molecule has 49 heavy (non-hydrogen) atoms. The van der Waals surface area contributed by atoms with Gasteiger partial charge in [0.1, 0.15) is 6.04 Å². The number of nitrogens with one attached hydrogen (secondary N) is 4. The van der Waals surface area contributed by atoms with Crippen LogP contribution in [-0.2, 0) is 39.9 Å². The number of carboxylic acid groups (broad SMARTS) is 1. The molecule has 1 rings (SSSR count). The van der Waals surface area contributed by atoms with E-state index in [9.17, 15) is 24.0 Å². The molecule has 0 spiro atoms. The first-order valence-electron chi connectivity index (χ1n) is 16.5. The van der Waals surface area contributed by atoms with E-state index in [1.165, 1.54) is 0 Å². The van der Waals surface area contributed by atoms with E-state index in [-0.39, 0.29) is 38.4 Å². The number of ether oxygens (including phenoxy) is 2. The molecule has 4 atom stereocenters. The Morgan fingerprint density at radius 3 is 2.06 bits per heavy atom. The topological polar surface area (TPSA) is 250 Å². The SMILES string of the molecule is CC(C)(CCOC(C)(C)CCC(=O)N[C@@H](Cc1ccccc1)C(=O)NC[C@H](N)C(=O)C(N)CN[C@@H](CC(=O)O)C(=O)NCCS)OCCN. The summed E-state index contributed by atoms with van der Waals surface area (Å²) in [5.41, 5.74) is 17.4. The first kappa shape index (κ1) is 43.9. The van der Waals surface area contributed by atoms with Crippen molar-refractivity contribution in [3.05, 3.63) is 35.9 Å². The van der Waals surface area contributed by atoms with E-state index >= 15 is 0 Å². The number of carbonyl (C=O) groups excluding carboxylic acids is 4. The predicted molar refractivity (Wildman–Crippen MR) is 190 cm³/mol. The average Bonchev–Trinajstić information content (AvgIpc) is 3.05. The maximum Gasteiger partial charge on any atom is 0.305 e. The molecule has 278 valence electrons. The quantitative estimate of drug-likeness (QED) is 0.0539. The number of carboxylic acids is 1. The number of ketones is 1. The molecule has 0 bridgehead atoms. The van der Waals surface area contributed by atoms with Gasteiger partial charge in [0.15, 0.2) is 5.78 Å². The van der Waals surface area contributed by atoms with Crippen LogP contribution in [0, 0.1) is 0 Å². The fourth-order valence-electron chi connectivity index (χ4n) is 4.61. The zero-order valence-electron chi connectivity index (χ0n) is 29.2. The number of Topliss-reactive ketones (excluding diaryl/α,β-unsaturated/α-hetero) is 1. The van der Waals surface area contributed by atoms with Crippen LogP contribution < -0.4 is 38.5 Å². The number of hydrogen-bond acceptors (Lipinski definition) is 12. The lowest BCUT2D eigenvalue weighted by Crippen LogP contribution is -2.56. The minimum atomic E-state index is -1.21. The van der Waals surface area contributed by atoms with Crippen molar-refractivity contribution in [1.29, 1.82) is 0 Å². The van der Waals surface area contributed by atoms with Crippen LogP contribution in [0.3, 0.4) is 0 Å². The van der Waals surface area contributed by atoms with Crippen LogP contribution in [0.15, 0.2) is 30.3 Å². The van der Waals surface area contributed by atoms with Gasteiger partial charge in [-0.25, -0.2) is 0 Å². The highest BCUT2D eigenvalue weighted by Gasteiger charge is 2.29. The Hall–Kier alpha value is -3.12. The highest BCUT2D eigenvalue weighted by atomic mass is 32.1. The molecule has 11 N–H and O–H groups in total. The molecule has 1 unspecified atom stereocenters. The van der Waals surface area contributed by atoms with E-state index in [1.54, 1.807) is 0 Å². The number of nitrogens with two attached hydrogens (primary N) is 3. The lowest BCUT2D eigenvalue weighted by molar-refractivity contribution is -0.140. The van der Waals surface area contributed by atoms with Crippen LogP contribution in [0.1, 0.15) is 58.9 Å². The molecular formula is C33H57N7O8S. The smallest absolute Gasteiger partial charge is 0.305 e. The monoisotopic (exact) mass is 711 g/mol. The second-order valence-corrected chi connectivity index (χ2v) is 13.4. The molecule has 0 fully saturated rings. The van der Waals surface area contributed by atoms with Gasteiger partial charge < -0.3 is 53.0 Å². The Morgan fingerprint density at radius 1 is 0.857 bits per heavy atom. The van der Waals surface area contributed by atoms with Crippen LogP contribution in [0.4, 0.5) is 0 Å². The standard InChI is InChI=1S/C33H57N7O8S/c1-32(2,47-15-12-33(3,4)48-16-13-34)11-10-27(41)40-26(18-22-8-6-5-7-9-22)31(46)39-21-24(36)29(44)23(35)20-38-25(19-28(42)43)30(45)37-14-17-49/h5-9,23-26,38,49H,10-21,34-36H2,1-4H3,(H,37,45)(H,39,46)(H,40,41)(H,42,43)/t23?,24-,25-,26-/m0/s1. The summed E-state index contributed by atoms with van der Waals surface area (Å²) < 4.78 is 11.8. The second kappa shape index (κ2) is 22.6. The number of thiol groups is 1. The van der Waals surface area contributed by atoms with E-state index in [4.69, 9.17) is 31.8 Å². The van der Waals surface area contributed by atoms with Gasteiger partial charge in [-0.2, -0.15) is 12.6 Å². The van der Waals surface area contributed by atoms with Crippen molar-refractivity contribution in [2.24, 2.45) is 17.2 Å². The van der Waals surface area contributed by atoms with Gasteiger partial charge in [-0.05, 0) is 46.1 Å². The first-order chi connectivity index (χ1) is 23.0. The third-order valence-corrected chi connectivity index (χ3v) is 7.84. The van der Waals surface area contributed by atoms with E-state index in [0.29, 0.717) is 38.4 Å². The van der Waals surface area contributed by atoms with Crippen molar-refractivity contribution in [1.82, 2.24) is 21.3 Å². The largest absolute Gasteiger partial charge is 0.481 e. The third kappa shape index (κ3) is 19.0. The maximum absolute atomic E-state index is 13.3. The van der Waals surface area contributed by atoms with Crippen LogP contribution in [0.2, 0.25) is 0 Å². The summed E-state index contributed by atoms with van der Waals surface area (Å²) in [6.07, 6.45) is 0.826. The Labute approximate surface area is 294 Å². The second-order valence-electron chi connectivity index (χ2n) is 13.0. The molecule has 0 saturated heterocycles. The minimum absolute atomic E-state index is 0.105. The molecule has 3 amide bonds. The normalized spacial score (nSPS) is 14.3. The Balaban J connectivity index is 2.76. The van der Waals surface area contributed by atoms with Crippen LogP contribution in [0.25, 0.3) is 0 Å². The number of rotatable bonds is 26. The summed E-state index contributed by atoms with van der Waals surface area (Å²) >= 11 is 4.01. The summed E-state index contributed by atoms with van der Waals surface area (Å²) in [6, 6.07) is 4.69. The summed E-state index contributed by atoms with van der Waals surface area (Å²) in [5, 5.41) is 19.8. The van der Waals surface area contributed by atoms with Gasteiger partial charge in [-0.15, -0.1) is 0 Å². The lowest BCUT2D eigenvalue weighted by atomic mass is 10.0. The van der Waals surface area contributed by atoms with Crippen molar-refractivity contribution >= 4 is 42.1 Å². The molecule has 15 nitrogen and oxygen atoms in total. The zero-order chi connectivity index (χ0) is 37.0. The fraction of sp³-hybridized carbons (Fsp3) is 0.667. The summed E-state index contributed by atoms with van der Waals surface area (Å²) in [6.45, 7) is 8.79. The summed E-state index contributed by atoms with van der Waals surface area (Å²) in [7, 11) is 0. The highest BCUT2D eigenvalue weighted by Crippen LogP contribution is 2.21. The molecule has 1 aromatic rings. The first-order valence-corrected chi connectivity index (χ1v) is 17.1. The van der Waals surface area contributed by atoms with Gasteiger partial charge in [-0.3, -0.25) is 24.0 Å². The number of benzene rings is 1. The third-order valence-electron chi connectivity index (χ3n) is 7.61. The molecule has 0 heterocycles. The Morgan fingerprint density at radius 2 is 1.45 bits per heavy atom. The van der Waals surface area contributed by atoms with E-state index in [0.717, 1.165) is 5.56 Å². The van der Waals surface area contributed by atoms with Crippen LogP contribution >= 0.6 is 12.6 Å². The molecule has 16 heteroatoms. The summed E-state index contributed by atoms with van der Waals surface area (Å²) in [4.78, 5) is 62.7. The van der Waals surface area contributed by atoms with Gasteiger partial charge in [0.25, 0.3) is 0 Å². The number of amides is 3. The summed E-state index contributed by atoms with van der Waals surface area (Å²) in [5.74, 6) is -2.91. The van der Waals surface area contributed by atoms with Crippen molar-refractivity contribution in [2.45, 2.75) is 95.2 Å². The van der Waals surface area contributed by atoms with Gasteiger partial charge in [-0.1, -0.05) is 30.3 Å².